The number of pyridine rings is 1. The Morgan fingerprint density at radius 3 is 2.47 bits per heavy atom. The van der Waals surface area contributed by atoms with Crippen LogP contribution in [0.25, 0.3) is 0 Å². The van der Waals surface area contributed by atoms with E-state index in [1.54, 1.807) is 0 Å². The number of rotatable bonds is 4. The van der Waals surface area contributed by atoms with Crippen LogP contribution >= 0.6 is 0 Å². The number of hydrogen-bond acceptors (Lipinski definition) is 5. The first-order valence-electron chi connectivity index (χ1n) is 5.70. The number of carbonyl (C=O) groups is 1. The van der Waals surface area contributed by atoms with E-state index in [1.807, 2.05) is 30.3 Å². The van der Waals surface area contributed by atoms with Crippen LogP contribution in [0.15, 0.2) is 48.7 Å². The molecule has 5 nitrogen and oxygen atoms in total. The minimum Gasteiger partial charge on any atom is -0.456 e. The minimum atomic E-state index is -1.60. The van der Waals surface area contributed by atoms with Gasteiger partial charge in [-0.3, -0.25) is 0 Å². The van der Waals surface area contributed by atoms with E-state index in [9.17, 15) is 4.79 Å². The maximum absolute atomic E-state index is 11.7. The lowest BCUT2D eigenvalue weighted by Gasteiger charge is -2.05. The Morgan fingerprint density at radius 1 is 1.16 bits per heavy atom. The molecule has 0 unspecified atom stereocenters. The monoisotopic (exact) mass is 257 g/mol. The molecule has 2 N–H and O–H groups in total. The molecule has 1 heterocycles. The molecule has 0 saturated heterocycles. The summed E-state index contributed by atoms with van der Waals surface area (Å²) in [6.45, 7) is 0.172. The topological polar surface area (TPSA) is 79.7 Å². The van der Waals surface area contributed by atoms with E-state index in [4.69, 9.17) is 14.8 Å². The lowest BCUT2D eigenvalue weighted by atomic mass is 9.82. The highest BCUT2D eigenvalue weighted by Gasteiger charge is 2.14. The molecule has 96 valence electrons. The number of benzene rings is 1. The van der Waals surface area contributed by atoms with Crippen molar-refractivity contribution in [2.45, 2.75) is 6.61 Å². The number of nitrogens with zero attached hydrogens (tertiary/aromatic N) is 1. The van der Waals surface area contributed by atoms with Gasteiger partial charge in [-0.1, -0.05) is 36.4 Å². The Kier molecular flexibility index (Phi) is 4.28. The zero-order valence-electron chi connectivity index (χ0n) is 10.1. The third kappa shape index (κ3) is 3.64. The molecule has 0 atom stereocenters. The van der Waals surface area contributed by atoms with E-state index in [0.717, 1.165) is 5.56 Å². The summed E-state index contributed by atoms with van der Waals surface area (Å²) in [6.07, 6.45) is 1.23. The van der Waals surface area contributed by atoms with Gasteiger partial charge in [-0.2, -0.15) is 0 Å². The molecule has 0 bridgehead atoms. The van der Waals surface area contributed by atoms with Crippen molar-refractivity contribution in [3.8, 4) is 0 Å². The largest absolute Gasteiger partial charge is 0.490 e. The van der Waals surface area contributed by atoms with Crippen molar-refractivity contribution in [3.05, 3.63) is 59.9 Å². The average molecular weight is 257 g/mol. The zero-order valence-corrected chi connectivity index (χ0v) is 10.1. The van der Waals surface area contributed by atoms with Crippen molar-refractivity contribution in [3.63, 3.8) is 0 Å². The Morgan fingerprint density at radius 2 is 1.89 bits per heavy atom. The second-order valence-corrected chi connectivity index (χ2v) is 3.91. The van der Waals surface area contributed by atoms with Crippen LogP contribution in [0.4, 0.5) is 0 Å². The average Bonchev–Trinajstić information content (AvgIpc) is 2.46. The third-order valence-electron chi connectivity index (χ3n) is 2.51. The van der Waals surface area contributed by atoms with Crippen LogP contribution in [0.1, 0.15) is 16.1 Å². The molecule has 0 aliphatic rings. The fraction of sp³-hybridized carbons (Fsp3) is 0.0769. The van der Waals surface area contributed by atoms with Crippen molar-refractivity contribution in [2.24, 2.45) is 0 Å². The van der Waals surface area contributed by atoms with Crippen LogP contribution in [0.3, 0.4) is 0 Å². The standard InChI is InChI=1S/C13H12BNO4/c16-13(19-9-10-4-2-1-3-5-10)12-7-6-11(8-15-12)14(17)18/h1-8,17-18H,9H2. The maximum Gasteiger partial charge on any atom is 0.490 e. The Bertz CT molecular complexity index is 542. The molecule has 0 radical (unpaired) electrons. The molecule has 19 heavy (non-hydrogen) atoms. The van der Waals surface area contributed by atoms with Crippen molar-refractivity contribution in [2.75, 3.05) is 0 Å². The molecule has 0 amide bonds. The van der Waals surface area contributed by atoms with Gasteiger partial charge in [0.2, 0.25) is 0 Å². The van der Waals surface area contributed by atoms with Crippen LogP contribution in [0.2, 0.25) is 0 Å². The summed E-state index contributed by atoms with van der Waals surface area (Å²) in [7, 11) is -1.60. The summed E-state index contributed by atoms with van der Waals surface area (Å²) in [4.78, 5) is 15.5. The van der Waals surface area contributed by atoms with Crippen LogP contribution in [-0.2, 0) is 11.3 Å². The molecule has 1 aromatic heterocycles. The van der Waals surface area contributed by atoms with E-state index in [2.05, 4.69) is 4.98 Å². The summed E-state index contributed by atoms with van der Waals surface area (Å²) in [5.41, 5.74) is 1.23. The highest BCUT2D eigenvalue weighted by molar-refractivity contribution is 6.58. The van der Waals surface area contributed by atoms with Gasteiger partial charge >= 0.3 is 13.1 Å². The zero-order chi connectivity index (χ0) is 13.7. The Labute approximate surface area is 110 Å². The minimum absolute atomic E-state index is 0.125. The quantitative estimate of drug-likeness (QED) is 0.600. The van der Waals surface area contributed by atoms with Crippen molar-refractivity contribution < 1.29 is 19.6 Å². The first-order valence-corrected chi connectivity index (χ1v) is 5.70. The second-order valence-electron chi connectivity index (χ2n) is 3.91. The number of ether oxygens (including phenoxy) is 1. The summed E-state index contributed by atoms with van der Waals surface area (Å²) in [5.74, 6) is -0.553. The molecule has 1 aromatic carbocycles. The molecular formula is C13H12BNO4. The van der Waals surface area contributed by atoms with Gasteiger partial charge in [-0.25, -0.2) is 9.78 Å². The molecule has 0 aliphatic heterocycles. The van der Waals surface area contributed by atoms with Gasteiger partial charge < -0.3 is 14.8 Å². The van der Waals surface area contributed by atoms with Gasteiger partial charge in [0.15, 0.2) is 0 Å². The summed E-state index contributed by atoms with van der Waals surface area (Å²) in [6, 6.07) is 12.1. The summed E-state index contributed by atoms with van der Waals surface area (Å²) < 4.78 is 5.09. The molecule has 0 spiro atoms. The molecular weight excluding hydrogens is 245 g/mol. The van der Waals surface area contributed by atoms with Crippen molar-refractivity contribution in [1.29, 1.82) is 0 Å². The SMILES string of the molecule is O=C(OCc1ccccc1)c1ccc(B(O)O)cn1. The summed E-state index contributed by atoms with van der Waals surface area (Å²) >= 11 is 0. The van der Waals surface area contributed by atoms with E-state index in [0.29, 0.717) is 0 Å². The Balaban J connectivity index is 1.96. The summed E-state index contributed by atoms with van der Waals surface area (Å²) in [5, 5.41) is 17.8. The number of aromatic nitrogens is 1. The van der Waals surface area contributed by atoms with Crippen molar-refractivity contribution >= 4 is 18.6 Å². The van der Waals surface area contributed by atoms with E-state index < -0.39 is 13.1 Å². The first-order chi connectivity index (χ1) is 9.16. The molecule has 0 saturated carbocycles. The van der Waals surface area contributed by atoms with Crippen LogP contribution in [0.5, 0.6) is 0 Å². The smallest absolute Gasteiger partial charge is 0.456 e. The predicted octanol–water partition coefficient (Wildman–Crippen LogP) is 0.118. The second kappa shape index (κ2) is 6.13. The third-order valence-corrected chi connectivity index (χ3v) is 2.51. The molecule has 6 heteroatoms. The van der Waals surface area contributed by atoms with Gasteiger partial charge in [-0.05, 0) is 11.6 Å². The van der Waals surface area contributed by atoms with Gasteiger partial charge in [-0.15, -0.1) is 0 Å². The van der Waals surface area contributed by atoms with Gasteiger partial charge in [0, 0.05) is 11.7 Å². The normalized spacial score (nSPS) is 10.0. The van der Waals surface area contributed by atoms with E-state index in [1.165, 1.54) is 18.3 Å². The predicted molar refractivity (Wildman–Crippen MR) is 69.6 cm³/mol. The number of carbonyl (C=O) groups excluding carboxylic acids is 1. The Hall–Kier alpha value is -2.18. The van der Waals surface area contributed by atoms with Crippen LogP contribution in [0, 0.1) is 0 Å². The van der Waals surface area contributed by atoms with Crippen LogP contribution in [-0.4, -0.2) is 28.1 Å². The van der Waals surface area contributed by atoms with E-state index in [-0.39, 0.29) is 17.8 Å². The molecule has 0 aliphatic carbocycles. The number of hydrogen-bond donors (Lipinski definition) is 2. The first kappa shape index (κ1) is 13.3. The van der Waals surface area contributed by atoms with Gasteiger partial charge in [0.25, 0.3) is 0 Å². The lowest BCUT2D eigenvalue weighted by Crippen LogP contribution is -2.30. The maximum atomic E-state index is 11.7. The lowest BCUT2D eigenvalue weighted by molar-refractivity contribution is 0.0466. The highest BCUT2D eigenvalue weighted by atomic mass is 16.5. The van der Waals surface area contributed by atoms with Crippen LogP contribution < -0.4 is 5.46 Å². The van der Waals surface area contributed by atoms with Gasteiger partial charge in [0.05, 0.1) is 0 Å². The van der Waals surface area contributed by atoms with E-state index >= 15 is 0 Å². The highest BCUT2D eigenvalue weighted by Crippen LogP contribution is 2.03. The molecule has 2 aromatic rings. The fourth-order valence-corrected chi connectivity index (χ4v) is 1.48. The van der Waals surface area contributed by atoms with Crippen molar-refractivity contribution in [1.82, 2.24) is 4.98 Å². The molecule has 2 rings (SSSR count). The number of esters is 1. The molecule has 0 fully saturated rings. The van der Waals surface area contributed by atoms with Gasteiger partial charge in [0.1, 0.15) is 12.3 Å². The fourth-order valence-electron chi connectivity index (χ4n) is 1.48.